The van der Waals surface area contributed by atoms with Crippen molar-refractivity contribution in [2.45, 2.75) is 32.6 Å². The first-order valence-corrected chi connectivity index (χ1v) is 11.7. The molecule has 0 spiro atoms. The number of aromatic nitrogens is 2. The number of nitrogens with one attached hydrogen (secondary N) is 2. The summed E-state index contributed by atoms with van der Waals surface area (Å²) in [7, 11) is 1.33. The van der Waals surface area contributed by atoms with Gasteiger partial charge in [-0.15, -0.1) is 0 Å². The second kappa shape index (κ2) is 11.5. The maximum atomic E-state index is 13.2. The van der Waals surface area contributed by atoms with E-state index < -0.39 is 17.8 Å². The number of carbonyl (C=O) groups excluding carboxylic acids is 1. The molecule has 12 heteroatoms. The number of benzene rings is 1. The molecule has 1 atom stereocenters. The largest absolute Gasteiger partial charge is 0.494 e. The lowest BCUT2D eigenvalue weighted by Crippen LogP contribution is -2.39. The number of allylic oxidation sites excluding steroid dienone is 1. The number of fused-ring (bicyclic) bond motifs is 1. The summed E-state index contributed by atoms with van der Waals surface area (Å²) in [5, 5.41) is 8.86. The number of hydrogen-bond donors (Lipinski definition) is 3. The molecule has 0 aliphatic heterocycles. The molecule has 0 unspecified atom stereocenters. The Morgan fingerprint density at radius 1 is 1.31 bits per heavy atom. The van der Waals surface area contributed by atoms with Crippen LogP contribution in [0.5, 0.6) is 5.75 Å². The highest BCUT2D eigenvalue weighted by Crippen LogP contribution is 2.36. The first-order valence-electron chi connectivity index (χ1n) is 10.9. The Hall–Kier alpha value is -3.51. The number of thioether (sulfide) groups is 1. The normalized spacial score (nSPS) is 12.6. The second-order valence-corrected chi connectivity index (χ2v) is 8.67. The molecule has 8 nitrogen and oxygen atoms in total. The van der Waals surface area contributed by atoms with E-state index in [4.69, 9.17) is 14.9 Å². The van der Waals surface area contributed by atoms with Gasteiger partial charge in [-0.3, -0.25) is 4.79 Å². The van der Waals surface area contributed by atoms with Crippen LogP contribution in [0.25, 0.3) is 22.4 Å². The molecule has 0 aliphatic carbocycles. The van der Waals surface area contributed by atoms with Crippen LogP contribution in [0.3, 0.4) is 0 Å². The van der Waals surface area contributed by atoms with Gasteiger partial charge in [-0.1, -0.05) is 24.4 Å². The van der Waals surface area contributed by atoms with Crippen LogP contribution < -0.4 is 21.1 Å². The summed E-state index contributed by atoms with van der Waals surface area (Å²) >= 11 is 1.43. The lowest BCUT2D eigenvalue weighted by Gasteiger charge is -2.15. The van der Waals surface area contributed by atoms with E-state index in [1.165, 1.54) is 31.0 Å². The van der Waals surface area contributed by atoms with Gasteiger partial charge in [0.2, 0.25) is 5.89 Å². The van der Waals surface area contributed by atoms with E-state index in [0.717, 1.165) is 11.1 Å². The minimum Gasteiger partial charge on any atom is -0.494 e. The molecule has 0 saturated carbocycles. The van der Waals surface area contributed by atoms with Crippen molar-refractivity contribution in [3.63, 3.8) is 0 Å². The third-order valence-corrected chi connectivity index (χ3v) is 5.83. The smallest absolute Gasteiger partial charge is 0.433 e. The van der Waals surface area contributed by atoms with E-state index in [2.05, 4.69) is 27.2 Å². The summed E-state index contributed by atoms with van der Waals surface area (Å²) < 4.78 is 50.6. The molecular weight excluding hydrogens is 495 g/mol. The molecular formula is C24H26F3N5O3S. The van der Waals surface area contributed by atoms with Gasteiger partial charge in [-0.25, -0.2) is 9.97 Å². The monoisotopic (exact) mass is 521 g/mol. The topological polar surface area (TPSA) is 115 Å². The second-order valence-electron chi connectivity index (χ2n) is 7.67. The highest BCUT2D eigenvalue weighted by atomic mass is 32.2. The van der Waals surface area contributed by atoms with Crippen LogP contribution in [0.1, 0.15) is 35.8 Å². The number of halogens is 3. The molecule has 36 heavy (non-hydrogen) atoms. The van der Waals surface area contributed by atoms with Crippen LogP contribution in [0, 0.1) is 0 Å². The van der Waals surface area contributed by atoms with Crippen molar-refractivity contribution in [1.82, 2.24) is 20.6 Å². The van der Waals surface area contributed by atoms with Crippen molar-refractivity contribution in [2.24, 2.45) is 5.73 Å². The number of rotatable bonds is 10. The average Bonchev–Trinajstić information content (AvgIpc) is 3.29. The molecule has 2 heterocycles. The molecule has 0 radical (unpaired) electrons. The SMILES string of the molecule is C=C(NC[C@H](C)NC(=O)c1nc(-c2ccc(OC)c3nc(C(F)(F)F)ccc23)oc1CN)S/C=C\C. The zero-order valence-corrected chi connectivity index (χ0v) is 20.7. The number of oxazole rings is 1. The van der Waals surface area contributed by atoms with E-state index in [1.54, 1.807) is 6.07 Å². The number of amides is 1. The van der Waals surface area contributed by atoms with E-state index in [-0.39, 0.29) is 41.2 Å². The lowest BCUT2D eigenvalue weighted by atomic mass is 10.1. The molecule has 0 saturated heterocycles. The van der Waals surface area contributed by atoms with Crippen molar-refractivity contribution in [1.29, 1.82) is 0 Å². The molecule has 0 aliphatic rings. The van der Waals surface area contributed by atoms with Gasteiger partial charge >= 0.3 is 6.18 Å². The van der Waals surface area contributed by atoms with Crippen LogP contribution in [-0.4, -0.2) is 35.6 Å². The minimum atomic E-state index is -4.63. The minimum absolute atomic E-state index is 0.00898. The summed E-state index contributed by atoms with van der Waals surface area (Å²) in [6, 6.07) is 4.89. The van der Waals surface area contributed by atoms with E-state index in [1.807, 2.05) is 25.3 Å². The Kier molecular flexibility index (Phi) is 8.64. The fraction of sp³-hybridized carbons (Fsp3) is 0.292. The quantitative estimate of drug-likeness (QED) is 0.348. The van der Waals surface area contributed by atoms with Crippen molar-refractivity contribution in [3.05, 3.63) is 64.5 Å². The van der Waals surface area contributed by atoms with Crippen LogP contribution >= 0.6 is 11.8 Å². The Morgan fingerprint density at radius 2 is 2.06 bits per heavy atom. The summed E-state index contributed by atoms with van der Waals surface area (Å²) in [6.45, 7) is 7.91. The predicted molar refractivity (Wildman–Crippen MR) is 133 cm³/mol. The molecule has 4 N–H and O–H groups in total. The van der Waals surface area contributed by atoms with Crippen molar-refractivity contribution in [3.8, 4) is 17.2 Å². The highest BCUT2D eigenvalue weighted by Gasteiger charge is 2.33. The van der Waals surface area contributed by atoms with E-state index in [9.17, 15) is 18.0 Å². The number of ether oxygens (including phenoxy) is 1. The summed E-state index contributed by atoms with van der Waals surface area (Å²) in [6.07, 6.45) is -2.74. The molecule has 0 fully saturated rings. The molecule has 1 aromatic carbocycles. The highest BCUT2D eigenvalue weighted by molar-refractivity contribution is 8.05. The number of alkyl halides is 3. The van der Waals surface area contributed by atoms with Crippen molar-refractivity contribution in [2.75, 3.05) is 13.7 Å². The molecule has 2 aromatic heterocycles. The van der Waals surface area contributed by atoms with Gasteiger partial charge in [0, 0.05) is 23.5 Å². The molecule has 0 bridgehead atoms. The van der Waals surface area contributed by atoms with Crippen LogP contribution in [0.15, 0.2) is 51.8 Å². The van der Waals surface area contributed by atoms with Crippen molar-refractivity contribution >= 4 is 28.6 Å². The van der Waals surface area contributed by atoms with E-state index in [0.29, 0.717) is 17.5 Å². The molecule has 3 rings (SSSR count). The first-order chi connectivity index (χ1) is 17.1. The zero-order chi connectivity index (χ0) is 26.5. The summed E-state index contributed by atoms with van der Waals surface area (Å²) in [5.41, 5.74) is 5.03. The third-order valence-electron chi connectivity index (χ3n) is 4.99. The van der Waals surface area contributed by atoms with Crippen molar-refractivity contribution < 1.29 is 27.1 Å². The van der Waals surface area contributed by atoms with Crippen LogP contribution in [0.4, 0.5) is 13.2 Å². The lowest BCUT2D eigenvalue weighted by molar-refractivity contribution is -0.140. The third kappa shape index (κ3) is 6.18. The Balaban J connectivity index is 1.89. The molecule has 1 amide bonds. The summed E-state index contributed by atoms with van der Waals surface area (Å²) in [4.78, 5) is 21.0. The van der Waals surface area contributed by atoms with Gasteiger partial charge in [-0.2, -0.15) is 13.2 Å². The van der Waals surface area contributed by atoms with Gasteiger partial charge in [0.1, 0.15) is 17.0 Å². The Bertz CT molecular complexity index is 1290. The number of nitrogens with two attached hydrogens (primary N) is 1. The maximum Gasteiger partial charge on any atom is 0.433 e. The van der Waals surface area contributed by atoms with Gasteiger partial charge in [0.25, 0.3) is 5.91 Å². The number of nitrogens with zero attached hydrogens (tertiary/aromatic N) is 2. The van der Waals surface area contributed by atoms with Crippen LogP contribution in [-0.2, 0) is 12.7 Å². The van der Waals surface area contributed by atoms with Gasteiger partial charge in [0.15, 0.2) is 11.5 Å². The zero-order valence-electron chi connectivity index (χ0n) is 19.9. The predicted octanol–water partition coefficient (Wildman–Crippen LogP) is 4.82. The molecule has 3 aromatic rings. The average molecular weight is 522 g/mol. The standard InChI is InChI=1S/C24H26F3N5O3S/c1-5-10-36-14(3)29-12-13(2)30-22(33)21-18(11-28)35-23(32-21)16-6-8-17(34-4)20-15(16)7-9-19(31-20)24(25,26)27/h5-10,13,29H,3,11-12,28H2,1-2,4H3,(H,30,33)/b10-5-/t13-/m0/s1. The van der Waals surface area contributed by atoms with Gasteiger partial charge in [0.05, 0.1) is 18.7 Å². The Morgan fingerprint density at radius 3 is 2.69 bits per heavy atom. The van der Waals surface area contributed by atoms with Gasteiger partial charge in [-0.05, 0) is 43.5 Å². The number of pyridine rings is 1. The molecule has 192 valence electrons. The number of hydrogen-bond acceptors (Lipinski definition) is 8. The Labute approximate surface area is 210 Å². The fourth-order valence-electron chi connectivity index (χ4n) is 3.29. The first kappa shape index (κ1) is 27.1. The van der Waals surface area contributed by atoms with Gasteiger partial charge < -0.3 is 25.5 Å². The number of methoxy groups -OCH3 is 1. The number of carbonyl (C=O) groups is 1. The fourth-order valence-corrected chi connectivity index (χ4v) is 3.75. The summed E-state index contributed by atoms with van der Waals surface area (Å²) in [5.74, 6) is -0.183. The maximum absolute atomic E-state index is 13.2. The van der Waals surface area contributed by atoms with Crippen LogP contribution in [0.2, 0.25) is 0 Å². The van der Waals surface area contributed by atoms with E-state index >= 15 is 0 Å².